The van der Waals surface area contributed by atoms with Crippen LogP contribution in [0, 0.1) is 6.92 Å². The number of benzene rings is 1. The minimum absolute atomic E-state index is 0. The van der Waals surface area contributed by atoms with Gasteiger partial charge in [-0.2, -0.15) is 0 Å². The molecule has 0 bridgehead atoms. The van der Waals surface area contributed by atoms with Gasteiger partial charge in [-0.3, -0.25) is 4.79 Å². The zero-order valence-corrected chi connectivity index (χ0v) is 12.7. The maximum absolute atomic E-state index is 11.8. The molecule has 6 heteroatoms. The van der Waals surface area contributed by atoms with Gasteiger partial charge in [0.1, 0.15) is 0 Å². The Morgan fingerprint density at radius 2 is 2.00 bits per heavy atom. The maximum atomic E-state index is 11.8. The topological polar surface area (TPSA) is 50.4 Å². The van der Waals surface area contributed by atoms with Gasteiger partial charge in [0.15, 0.2) is 0 Å². The summed E-state index contributed by atoms with van der Waals surface area (Å²) in [7, 11) is 1.66. The molecule has 0 saturated carbocycles. The largest absolute Gasteiger partial charge is 0.383 e. The van der Waals surface area contributed by atoms with Crippen molar-refractivity contribution in [1.82, 2.24) is 10.6 Å². The first kappa shape index (κ1) is 18.2. The molecular formula is C13H20Cl2N2O2. The summed E-state index contributed by atoms with van der Waals surface area (Å²) in [4.78, 5) is 11.8. The summed E-state index contributed by atoms with van der Waals surface area (Å²) in [6, 6.07) is 5.31. The normalized spacial score (nSPS) is 9.84. The zero-order chi connectivity index (χ0) is 13.4. The Labute approximate surface area is 125 Å². The van der Waals surface area contributed by atoms with Gasteiger partial charge < -0.3 is 15.4 Å². The molecule has 0 unspecified atom stereocenters. The highest BCUT2D eigenvalue weighted by Crippen LogP contribution is 2.14. The van der Waals surface area contributed by atoms with E-state index in [9.17, 15) is 4.79 Å². The van der Waals surface area contributed by atoms with Crippen LogP contribution in [0.3, 0.4) is 0 Å². The van der Waals surface area contributed by atoms with E-state index in [1.54, 1.807) is 13.2 Å². The van der Waals surface area contributed by atoms with Gasteiger partial charge in [-0.15, -0.1) is 12.4 Å². The van der Waals surface area contributed by atoms with Crippen LogP contribution in [0.1, 0.15) is 15.9 Å². The Kier molecular flexibility index (Phi) is 9.61. The van der Waals surface area contributed by atoms with Gasteiger partial charge in [0.05, 0.1) is 6.61 Å². The fourth-order valence-electron chi connectivity index (χ4n) is 1.53. The molecule has 0 aliphatic heterocycles. The van der Waals surface area contributed by atoms with Crippen molar-refractivity contribution in [3.05, 3.63) is 34.3 Å². The SMILES string of the molecule is COCCNCCNC(=O)c1cc(C)cc(Cl)c1.Cl. The van der Waals surface area contributed by atoms with Gasteiger partial charge in [-0.1, -0.05) is 11.6 Å². The molecule has 0 atom stereocenters. The number of halogens is 2. The van der Waals surface area contributed by atoms with E-state index < -0.39 is 0 Å². The second-order valence-electron chi connectivity index (χ2n) is 4.02. The third kappa shape index (κ3) is 7.38. The number of aryl methyl sites for hydroxylation is 1. The first-order valence-electron chi connectivity index (χ1n) is 5.88. The van der Waals surface area contributed by atoms with Crippen molar-refractivity contribution in [2.75, 3.05) is 33.4 Å². The third-order valence-corrected chi connectivity index (χ3v) is 2.59. The van der Waals surface area contributed by atoms with Gasteiger partial charge in [-0.05, 0) is 30.7 Å². The first-order valence-corrected chi connectivity index (χ1v) is 6.26. The number of rotatable bonds is 7. The number of amides is 1. The number of hydrogen-bond donors (Lipinski definition) is 2. The lowest BCUT2D eigenvalue weighted by Gasteiger charge is -2.07. The van der Waals surface area contributed by atoms with Gasteiger partial charge in [0.2, 0.25) is 0 Å². The molecule has 0 aliphatic carbocycles. The van der Waals surface area contributed by atoms with Crippen molar-refractivity contribution in [2.45, 2.75) is 6.92 Å². The monoisotopic (exact) mass is 306 g/mol. The van der Waals surface area contributed by atoms with E-state index in [0.29, 0.717) is 30.3 Å². The summed E-state index contributed by atoms with van der Waals surface area (Å²) in [5.74, 6) is -0.103. The zero-order valence-electron chi connectivity index (χ0n) is 11.2. The van der Waals surface area contributed by atoms with Crippen LogP contribution in [-0.2, 0) is 4.74 Å². The molecule has 0 aromatic heterocycles. The van der Waals surface area contributed by atoms with Crippen LogP contribution < -0.4 is 10.6 Å². The van der Waals surface area contributed by atoms with E-state index in [1.165, 1.54) is 0 Å². The van der Waals surface area contributed by atoms with Crippen molar-refractivity contribution in [2.24, 2.45) is 0 Å². The highest BCUT2D eigenvalue weighted by Gasteiger charge is 2.06. The van der Waals surface area contributed by atoms with Crippen LogP contribution in [0.5, 0.6) is 0 Å². The minimum atomic E-state index is -0.103. The summed E-state index contributed by atoms with van der Waals surface area (Å²) in [5, 5.41) is 6.56. The molecule has 0 spiro atoms. The Morgan fingerprint density at radius 1 is 1.26 bits per heavy atom. The molecule has 0 radical (unpaired) electrons. The fourth-order valence-corrected chi connectivity index (χ4v) is 1.82. The minimum Gasteiger partial charge on any atom is -0.383 e. The fraction of sp³-hybridized carbons (Fsp3) is 0.462. The molecule has 1 aromatic rings. The lowest BCUT2D eigenvalue weighted by molar-refractivity contribution is 0.0953. The molecule has 2 N–H and O–H groups in total. The van der Waals surface area contributed by atoms with E-state index in [0.717, 1.165) is 12.1 Å². The van der Waals surface area contributed by atoms with Gasteiger partial charge in [0, 0.05) is 37.3 Å². The van der Waals surface area contributed by atoms with Crippen LogP contribution in [0.4, 0.5) is 0 Å². The predicted molar refractivity (Wildman–Crippen MR) is 80.5 cm³/mol. The standard InChI is InChI=1S/C13H19ClN2O2.ClH/c1-10-7-11(9-12(14)8-10)13(17)16-4-3-15-5-6-18-2;/h7-9,15H,3-6H2,1-2H3,(H,16,17);1H. The highest BCUT2D eigenvalue weighted by molar-refractivity contribution is 6.31. The molecule has 1 amide bonds. The van der Waals surface area contributed by atoms with E-state index in [-0.39, 0.29) is 18.3 Å². The van der Waals surface area contributed by atoms with Gasteiger partial charge >= 0.3 is 0 Å². The average molecular weight is 307 g/mol. The Morgan fingerprint density at radius 3 is 2.63 bits per heavy atom. The van der Waals surface area contributed by atoms with Crippen molar-refractivity contribution in [3.8, 4) is 0 Å². The Hall–Kier alpha value is -0.810. The predicted octanol–water partition coefficient (Wildman–Crippen LogP) is 2.04. The van der Waals surface area contributed by atoms with E-state index in [1.807, 2.05) is 19.1 Å². The molecule has 1 aromatic carbocycles. The molecule has 0 heterocycles. The van der Waals surface area contributed by atoms with Gasteiger partial charge in [-0.25, -0.2) is 0 Å². The second kappa shape index (κ2) is 10.0. The molecular weight excluding hydrogens is 287 g/mol. The third-order valence-electron chi connectivity index (χ3n) is 2.37. The van der Waals surface area contributed by atoms with E-state index >= 15 is 0 Å². The van der Waals surface area contributed by atoms with Crippen molar-refractivity contribution >= 4 is 29.9 Å². The molecule has 0 saturated heterocycles. The van der Waals surface area contributed by atoms with Crippen molar-refractivity contribution in [3.63, 3.8) is 0 Å². The number of carbonyl (C=O) groups excluding carboxylic acids is 1. The average Bonchev–Trinajstić information content (AvgIpc) is 2.32. The first-order chi connectivity index (χ1) is 8.63. The van der Waals surface area contributed by atoms with Crippen LogP contribution >= 0.6 is 24.0 Å². The maximum Gasteiger partial charge on any atom is 0.251 e. The van der Waals surface area contributed by atoms with Crippen LogP contribution in [0.25, 0.3) is 0 Å². The summed E-state index contributed by atoms with van der Waals surface area (Å²) in [6.07, 6.45) is 0. The summed E-state index contributed by atoms with van der Waals surface area (Å²) >= 11 is 5.91. The molecule has 108 valence electrons. The number of carbonyl (C=O) groups is 1. The van der Waals surface area contributed by atoms with Gasteiger partial charge in [0.25, 0.3) is 5.91 Å². The van der Waals surface area contributed by atoms with Crippen LogP contribution in [-0.4, -0.2) is 39.3 Å². The molecule has 1 rings (SSSR count). The van der Waals surface area contributed by atoms with Crippen molar-refractivity contribution in [1.29, 1.82) is 0 Å². The second-order valence-corrected chi connectivity index (χ2v) is 4.45. The summed E-state index contributed by atoms with van der Waals surface area (Å²) < 4.78 is 4.90. The number of nitrogens with one attached hydrogen (secondary N) is 2. The quantitative estimate of drug-likeness (QED) is 0.758. The highest BCUT2D eigenvalue weighted by atomic mass is 35.5. The van der Waals surface area contributed by atoms with E-state index in [2.05, 4.69) is 10.6 Å². The molecule has 19 heavy (non-hydrogen) atoms. The van der Waals surface area contributed by atoms with Crippen molar-refractivity contribution < 1.29 is 9.53 Å². The number of methoxy groups -OCH3 is 1. The smallest absolute Gasteiger partial charge is 0.251 e. The molecule has 0 aliphatic rings. The van der Waals surface area contributed by atoms with Crippen LogP contribution in [0.15, 0.2) is 18.2 Å². The number of ether oxygens (including phenoxy) is 1. The molecule has 4 nitrogen and oxygen atoms in total. The van der Waals surface area contributed by atoms with E-state index in [4.69, 9.17) is 16.3 Å². The molecule has 0 fully saturated rings. The Balaban J connectivity index is 0.00000324. The summed E-state index contributed by atoms with van der Waals surface area (Å²) in [6.45, 7) is 4.65. The van der Waals surface area contributed by atoms with Crippen LogP contribution in [0.2, 0.25) is 5.02 Å². The summed E-state index contributed by atoms with van der Waals surface area (Å²) in [5.41, 5.74) is 1.57. The number of hydrogen-bond acceptors (Lipinski definition) is 3. The lowest BCUT2D eigenvalue weighted by Crippen LogP contribution is -2.33. The Bertz CT molecular complexity index is 380. The lowest BCUT2D eigenvalue weighted by atomic mass is 10.1.